The number of alkyl halides is 2. The molecule has 0 aliphatic rings. The van der Waals surface area contributed by atoms with Crippen molar-refractivity contribution < 1.29 is 18.3 Å². The fourth-order valence-corrected chi connectivity index (χ4v) is 1.13. The molecule has 6 nitrogen and oxygen atoms in total. The van der Waals surface area contributed by atoms with Gasteiger partial charge in [0.25, 0.3) is 6.43 Å². The molecule has 0 unspecified atom stereocenters. The minimum atomic E-state index is -2.46. The van der Waals surface area contributed by atoms with Gasteiger partial charge in [-0.25, -0.2) is 18.7 Å². The highest BCUT2D eigenvalue weighted by molar-refractivity contribution is 5.61. The highest BCUT2D eigenvalue weighted by Crippen LogP contribution is 2.25. The Hall–Kier alpha value is -1.70. The van der Waals surface area contributed by atoms with Gasteiger partial charge < -0.3 is 20.5 Å². The summed E-state index contributed by atoms with van der Waals surface area (Å²) in [6, 6.07) is 0. The molecule has 17 heavy (non-hydrogen) atoms. The Kier molecular flexibility index (Phi) is 5.34. The van der Waals surface area contributed by atoms with Crippen LogP contribution in [0.5, 0.6) is 5.75 Å². The average molecular weight is 248 g/mol. The van der Waals surface area contributed by atoms with Crippen LogP contribution in [0.15, 0.2) is 6.33 Å². The van der Waals surface area contributed by atoms with Gasteiger partial charge in [0.2, 0.25) is 5.75 Å². The number of rotatable bonds is 7. The number of nitrogen functional groups attached to an aromatic ring is 1. The largest absolute Gasteiger partial charge is 0.490 e. The van der Waals surface area contributed by atoms with Gasteiger partial charge in [0.1, 0.15) is 12.9 Å². The Morgan fingerprint density at radius 3 is 2.88 bits per heavy atom. The summed E-state index contributed by atoms with van der Waals surface area (Å²) in [4.78, 5) is 7.66. The summed E-state index contributed by atoms with van der Waals surface area (Å²) in [5.74, 6) is 0.931. The number of aromatic nitrogens is 2. The molecule has 0 fully saturated rings. The number of nitrogens with two attached hydrogens (primary N) is 1. The maximum absolute atomic E-state index is 11.8. The molecule has 1 aromatic rings. The molecule has 0 bridgehead atoms. The van der Waals surface area contributed by atoms with Crippen molar-refractivity contribution in [3.8, 4) is 5.75 Å². The zero-order valence-corrected chi connectivity index (χ0v) is 9.32. The maximum atomic E-state index is 11.8. The van der Waals surface area contributed by atoms with Crippen molar-refractivity contribution in [1.82, 2.24) is 9.97 Å². The van der Waals surface area contributed by atoms with Crippen LogP contribution in [-0.2, 0) is 4.74 Å². The summed E-state index contributed by atoms with van der Waals surface area (Å²) in [5, 5.41) is 2.85. The van der Waals surface area contributed by atoms with Crippen molar-refractivity contribution in [3.63, 3.8) is 0 Å². The summed E-state index contributed by atoms with van der Waals surface area (Å²) < 4.78 is 33.2. The molecule has 0 aliphatic heterocycles. The first-order valence-corrected chi connectivity index (χ1v) is 4.89. The number of ether oxygens (including phenoxy) is 2. The number of nitrogens with zero attached hydrogens (tertiary/aromatic N) is 2. The first-order valence-electron chi connectivity index (χ1n) is 4.89. The van der Waals surface area contributed by atoms with E-state index >= 15 is 0 Å². The van der Waals surface area contributed by atoms with Crippen molar-refractivity contribution in [3.05, 3.63) is 6.33 Å². The van der Waals surface area contributed by atoms with Crippen molar-refractivity contribution >= 4 is 11.6 Å². The lowest BCUT2D eigenvalue weighted by molar-refractivity contribution is 0.0214. The van der Waals surface area contributed by atoms with Gasteiger partial charge in [-0.1, -0.05) is 0 Å². The summed E-state index contributed by atoms with van der Waals surface area (Å²) in [7, 11) is 1.44. The normalized spacial score (nSPS) is 10.6. The van der Waals surface area contributed by atoms with Crippen LogP contribution in [0.2, 0.25) is 0 Å². The van der Waals surface area contributed by atoms with Crippen LogP contribution in [0.3, 0.4) is 0 Å². The van der Waals surface area contributed by atoms with Crippen molar-refractivity contribution in [2.45, 2.75) is 6.43 Å². The lowest BCUT2D eigenvalue weighted by Crippen LogP contribution is -2.14. The van der Waals surface area contributed by atoms with E-state index < -0.39 is 13.0 Å². The van der Waals surface area contributed by atoms with E-state index in [2.05, 4.69) is 15.3 Å². The van der Waals surface area contributed by atoms with E-state index in [4.69, 9.17) is 15.2 Å². The number of anilines is 2. The third kappa shape index (κ3) is 4.35. The lowest BCUT2D eigenvalue weighted by atomic mass is 10.4. The van der Waals surface area contributed by atoms with E-state index in [9.17, 15) is 8.78 Å². The van der Waals surface area contributed by atoms with Crippen LogP contribution in [-0.4, -0.2) is 43.3 Å². The highest BCUT2D eigenvalue weighted by atomic mass is 19.3. The molecular formula is C9H14F2N4O2. The topological polar surface area (TPSA) is 82.3 Å². The minimum absolute atomic E-state index is 0.136. The van der Waals surface area contributed by atoms with E-state index in [1.165, 1.54) is 13.4 Å². The fourth-order valence-electron chi connectivity index (χ4n) is 1.13. The fraction of sp³-hybridized carbons (Fsp3) is 0.556. The molecule has 0 aromatic carbocycles. The number of hydrogen-bond donors (Lipinski definition) is 2. The van der Waals surface area contributed by atoms with E-state index in [1.54, 1.807) is 0 Å². The first-order chi connectivity index (χ1) is 8.15. The van der Waals surface area contributed by atoms with Crippen LogP contribution in [0.25, 0.3) is 0 Å². The second kappa shape index (κ2) is 6.79. The molecule has 3 N–H and O–H groups in total. The predicted molar refractivity (Wildman–Crippen MR) is 58.3 cm³/mol. The molecule has 0 saturated carbocycles. The Balaban J connectivity index is 2.39. The van der Waals surface area contributed by atoms with Gasteiger partial charge in [0, 0.05) is 6.54 Å². The first kappa shape index (κ1) is 13.4. The van der Waals surface area contributed by atoms with Crippen molar-refractivity contribution in [2.75, 3.05) is 37.9 Å². The summed E-state index contributed by atoms with van der Waals surface area (Å²) in [5.41, 5.74) is 5.56. The summed E-state index contributed by atoms with van der Waals surface area (Å²) >= 11 is 0. The van der Waals surface area contributed by atoms with Crippen LogP contribution in [0.1, 0.15) is 0 Å². The van der Waals surface area contributed by atoms with E-state index in [1.807, 2.05) is 0 Å². The number of hydrogen-bond acceptors (Lipinski definition) is 6. The molecule has 1 heterocycles. The second-order valence-electron chi connectivity index (χ2n) is 3.03. The molecule has 1 rings (SSSR count). The van der Waals surface area contributed by atoms with Crippen LogP contribution in [0, 0.1) is 0 Å². The van der Waals surface area contributed by atoms with Gasteiger partial charge >= 0.3 is 0 Å². The quantitative estimate of drug-likeness (QED) is 0.693. The Bertz CT molecular complexity index is 352. The van der Waals surface area contributed by atoms with E-state index in [0.29, 0.717) is 18.1 Å². The predicted octanol–water partition coefficient (Wildman–Crippen LogP) is 0.761. The molecule has 1 aromatic heterocycles. The van der Waals surface area contributed by atoms with E-state index in [0.717, 1.165) is 0 Å². The summed E-state index contributed by atoms with van der Waals surface area (Å²) in [6.07, 6.45) is -1.18. The second-order valence-corrected chi connectivity index (χ2v) is 3.03. The zero-order valence-electron chi connectivity index (χ0n) is 9.32. The van der Waals surface area contributed by atoms with Gasteiger partial charge in [0.15, 0.2) is 11.6 Å². The number of nitrogens with one attached hydrogen (secondary N) is 1. The molecular weight excluding hydrogens is 234 g/mol. The molecule has 8 heteroatoms. The van der Waals surface area contributed by atoms with Crippen molar-refractivity contribution in [1.29, 1.82) is 0 Å². The van der Waals surface area contributed by atoms with Crippen LogP contribution < -0.4 is 15.8 Å². The van der Waals surface area contributed by atoms with Gasteiger partial charge in [-0.2, -0.15) is 0 Å². The van der Waals surface area contributed by atoms with Gasteiger partial charge in [-0.05, 0) is 0 Å². The molecule has 0 spiro atoms. The molecule has 0 aliphatic carbocycles. The van der Waals surface area contributed by atoms with Crippen LogP contribution >= 0.6 is 0 Å². The Morgan fingerprint density at radius 1 is 1.47 bits per heavy atom. The van der Waals surface area contributed by atoms with Crippen LogP contribution in [0.4, 0.5) is 20.4 Å². The molecule has 0 radical (unpaired) electrons. The lowest BCUT2D eigenvalue weighted by Gasteiger charge is -2.10. The molecule has 96 valence electrons. The maximum Gasteiger partial charge on any atom is 0.261 e. The number of methoxy groups -OCH3 is 1. The average Bonchev–Trinajstić information content (AvgIpc) is 2.28. The SMILES string of the molecule is COc1c(N)ncnc1NCCOCC(F)F. The highest BCUT2D eigenvalue weighted by Gasteiger charge is 2.08. The van der Waals surface area contributed by atoms with Crippen molar-refractivity contribution in [2.24, 2.45) is 0 Å². The van der Waals surface area contributed by atoms with Gasteiger partial charge in [0.05, 0.1) is 13.7 Å². The van der Waals surface area contributed by atoms with E-state index in [-0.39, 0.29) is 12.4 Å². The monoisotopic (exact) mass is 248 g/mol. The third-order valence-electron chi connectivity index (χ3n) is 1.82. The standard InChI is InChI=1S/C9H14F2N4O2/c1-16-7-8(12)14-5-15-9(7)13-2-3-17-4-6(10)11/h5-6H,2-4H2,1H3,(H3,12,13,14,15). The van der Waals surface area contributed by atoms with Gasteiger partial charge in [-0.15, -0.1) is 0 Å². The van der Waals surface area contributed by atoms with Gasteiger partial charge in [-0.3, -0.25) is 0 Å². The Labute approximate surface area is 97.1 Å². The minimum Gasteiger partial charge on any atom is -0.490 e. The molecule has 0 atom stereocenters. The Morgan fingerprint density at radius 2 is 2.24 bits per heavy atom. The third-order valence-corrected chi connectivity index (χ3v) is 1.82. The molecule has 0 saturated heterocycles. The smallest absolute Gasteiger partial charge is 0.261 e. The zero-order chi connectivity index (χ0) is 12.7. The number of halogens is 2. The summed E-state index contributed by atoms with van der Waals surface area (Å²) in [6.45, 7) is -0.123. The molecule has 0 amide bonds.